The molecule has 0 unspecified atom stereocenters. The van der Waals surface area contributed by atoms with Gasteiger partial charge in [-0.1, -0.05) is 0 Å². The number of fused-ring (bicyclic) bond motifs is 1. The van der Waals surface area contributed by atoms with E-state index in [2.05, 4.69) is 20.2 Å². The summed E-state index contributed by atoms with van der Waals surface area (Å²) in [6.07, 6.45) is 1.48. The van der Waals surface area contributed by atoms with E-state index in [1.807, 2.05) is 17.0 Å². The Kier molecular flexibility index (Phi) is 5.16. The standard InChI is InChI=1S/C21H22FN5O2/c1-23-20-16-5-3-14(11-18(16)24-13-25-20)21(28)27-9-7-26(8-10-27)15-4-6-17(22)19(12-15)29-2/h3-6,11-13H,7-10H2,1-2H3,(H,23,24,25). The zero-order valence-electron chi connectivity index (χ0n) is 16.4. The fourth-order valence-corrected chi connectivity index (χ4v) is 3.58. The summed E-state index contributed by atoms with van der Waals surface area (Å²) in [6, 6.07) is 10.3. The maximum Gasteiger partial charge on any atom is 0.254 e. The Labute approximate surface area is 168 Å². The first-order valence-corrected chi connectivity index (χ1v) is 9.41. The van der Waals surface area contributed by atoms with Crippen LogP contribution in [0.2, 0.25) is 0 Å². The minimum absolute atomic E-state index is 0.0205. The lowest BCUT2D eigenvalue weighted by Crippen LogP contribution is -2.48. The van der Waals surface area contributed by atoms with E-state index in [0.717, 1.165) is 22.4 Å². The minimum atomic E-state index is -0.383. The highest BCUT2D eigenvalue weighted by Gasteiger charge is 2.23. The zero-order valence-corrected chi connectivity index (χ0v) is 16.4. The molecule has 3 aromatic rings. The summed E-state index contributed by atoms with van der Waals surface area (Å²) in [5.74, 6) is 0.553. The van der Waals surface area contributed by atoms with Gasteiger partial charge in [-0.15, -0.1) is 0 Å². The molecule has 8 heteroatoms. The Morgan fingerprint density at radius 3 is 2.62 bits per heavy atom. The highest BCUT2D eigenvalue weighted by Crippen LogP contribution is 2.26. The maximum atomic E-state index is 13.6. The van der Waals surface area contributed by atoms with Gasteiger partial charge in [0.1, 0.15) is 12.1 Å². The first-order chi connectivity index (χ1) is 14.1. The molecule has 1 fully saturated rings. The van der Waals surface area contributed by atoms with Gasteiger partial charge in [0.2, 0.25) is 0 Å². The van der Waals surface area contributed by atoms with Gasteiger partial charge in [0.15, 0.2) is 11.6 Å². The molecule has 0 aliphatic carbocycles. The Hall–Kier alpha value is -3.42. The van der Waals surface area contributed by atoms with Crippen molar-refractivity contribution >= 4 is 28.3 Å². The molecule has 0 spiro atoms. The second-order valence-corrected chi connectivity index (χ2v) is 6.80. The van der Waals surface area contributed by atoms with Gasteiger partial charge >= 0.3 is 0 Å². The molecule has 1 saturated heterocycles. The largest absolute Gasteiger partial charge is 0.494 e. The van der Waals surface area contributed by atoms with Crippen molar-refractivity contribution in [3.8, 4) is 5.75 Å². The topological polar surface area (TPSA) is 70.6 Å². The molecule has 1 N–H and O–H groups in total. The van der Waals surface area contributed by atoms with Crippen molar-refractivity contribution in [3.63, 3.8) is 0 Å². The van der Waals surface area contributed by atoms with Crippen LogP contribution in [0.5, 0.6) is 5.75 Å². The van der Waals surface area contributed by atoms with Crippen LogP contribution in [-0.2, 0) is 0 Å². The van der Waals surface area contributed by atoms with Crippen LogP contribution in [0.3, 0.4) is 0 Å². The van der Waals surface area contributed by atoms with Crippen LogP contribution in [0.1, 0.15) is 10.4 Å². The van der Waals surface area contributed by atoms with Gasteiger partial charge in [0.25, 0.3) is 5.91 Å². The van der Waals surface area contributed by atoms with Gasteiger partial charge < -0.3 is 19.9 Å². The quantitative estimate of drug-likeness (QED) is 0.733. The normalized spacial score (nSPS) is 14.2. The summed E-state index contributed by atoms with van der Waals surface area (Å²) in [6.45, 7) is 2.50. The predicted molar refractivity (Wildman–Crippen MR) is 110 cm³/mol. The highest BCUT2D eigenvalue weighted by molar-refractivity contribution is 5.99. The molecule has 4 rings (SSSR count). The van der Waals surface area contributed by atoms with Gasteiger partial charge in [-0.05, 0) is 30.3 Å². The number of anilines is 2. The summed E-state index contributed by atoms with van der Waals surface area (Å²) in [5.41, 5.74) is 2.22. The van der Waals surface area contributed by atoms with Crippen molar-refractivity contribution in [2.75, 3.05) is 50.6 Å². The number of aromatic nitrogens is 2. The van der Waals surface area contributed by atoms with Crippen molar-refractivity contribution < 1.29 is 13.9 Å². The Morgan fingerprint density at radius 2 is 1.90 bits per heavy atom. The van der Waals surface area contributed by atoms with Crippen molar-refractivity contribution in [3.05, 3.63) is 54.1 Å². The maximum absolute atomic E-state index is 13.6. The number of rotatable bonds is 4. The second kappa shape index (κ2) is 7.90. The molecule has 2 heterocycles. The molecule has 1 amide bonds. The van der Waals surface area contributed by atoms with E-state index in [1.165, 1.54) is 19.5 Å². The molecule has 0 radical (unpaired) electrons. The third-order valence-corrected chi connectivity index (χ3v) is 5.19. The zero-order chi connectivity index (χ0) is 20.4. The minimum Gasteiger partial charge on any atom is -0.494 e. The fraction of sp³-hybridized carbons (Fsp3) is 0.286. The molecule has 29 heavy (non-hydrogen) atoms. The molecule has 0 bridgehead atoms. The van der Waals surface area contributed by atoms with Crippen molar-refractivity contribution in [2.45, 2.75) is 0 Å². The Bertz CT molecular complexity index is 1050. The van der Waals surface area contributed by atoms with Crippen LogP contribution in [0.25, 0.3) is 10.9 Å². The lowest BCUT2D eigenvalue weighted by Gasteiger charge is -2.36. The van der Waals surface area contributed by atoms with Gasteiger partial charge in [0, 0.05) is 55.9 Å². The number of nitrogens with zero attached hydrogens (tertiary/aromatic N) is 4. The lowest BCUT2D eigenvalue weighted by molar-refractivity contribution is 0.0747. The van der Waals surface area contributed by atoms with E-state index in [9.17, 15) is 9.18 Å². The van der Waals surface area contributed by atoms with Crippen molar-refractivity contribution in [2.24, 2.45) is 0 Å². The molecular formula is C21H22FN5O2. The number of ether oxygens (including phenoxy) is 1. The summed E-state index contributed by atoms with van der Waals surface area (Å²) < 4.78 is 18.7. The molecule has 0 atom stereocenters. The van der Waals surface area contributed by atoms with Crippen LogP contribution in [-0.4, -0.2) is 61.1 Å². The summed E-state index contributed by atoms with van der Waals surface area (Å²) >= 11 is 0. The number of piperazine rings is 1. The average Bonchev–Trinajstić information content (AvgIpc) is 2.78. The van der Waals surface area contributed by atoms with Crippen molar-refractivity contribution in [1.82, 2.24) is 14.9 Å². The van der Waals surface area contributed by atoms with Crippen LogP contribution in [0.4, 0.5) is 15.9 Å². The van der Waals surface area contributed by atoms with Crippen LogP contribution < -0.4 is 15.0 Å². The number of carbonyl (C=O) groups is 1. The number of hydrogen-bond donors (Lipinski definition) is 1. The number of nitrogens with one attached hydrogen (secondary N) is 1. The van der Waals surface area contributed by atoms with E-state index < -0.39 is 0 Å². The molecule has 7 nitrogen and oxygen atoms in total. The SMILES string of the molecule is CNc1ncnc2cc(C(=O)N3CCN(c4ccc(F)c(OC)c4)CC3)ccc12. The van der Waals surface area contributed by atoms with Gasteiger partial charge in [0.05, 0.1) is 12.6 Å². The number of methoxy groups -OCH3 is 1. The summed E-state index contributed by atoms with van der Waals surface area (Å²) in [4.78, 5) is 25.4. The van der Waals surface area contributed by atoms with Crippen LogP contribution in [0, 0.1) is 5.82 Å². The number of hydrogen-bond acceptors (Lipinski definition) is 6. The van der Waals surface area contributed by atoms with E-state index in [0.29, 0.717) is 31.7 Å². The molecular weight excluding hydrogens is 373 g/mol. The molecule has 0 saturated carbocycles. The third kappa shape index (κ3) is 3.65. The van der Waals surface area contributed by atoms with E-state index in [1.54, 1.807) is 25.2 Å². The molecule has 1 aromatic heterocycles. The number of benzene rings is 2. The second-order valence-electron chi connectivity index (χ2n) is 6.80. The van der Waals surface area contributed by atoms with E-state index in [-0.39, 0.29) is 17.5 Å². The van der Waals surface area contributed by atoms with Gasteiger partial charge in [-0.2, -0.15) is 0 Å². The summed E-state index contributed by atoms with van der Waals surface area (Å²) in [7, 11) is 3.25. The molecule has 150 valence electrons. The Balaban J connectivity index is 1.47. The average molecular weight is 395 g/mol. The smallest absolute Gasteiger partial charge is 0.254 e. The highest BCUT2D eigenvalue weighted by atomic mass is 19.1. The predicted octanol–water partition coefficient (Wildman–Crippen LogP) is 2.78. The van der Waals surface area contributed by atoms with Crippen LogP contribution in [0.15, 0.2) is 42.7 Å². The number of carbonyl (C=O) groups excluding carboxylic acids is 1. The molecule has 1 aliphatic heterocycles. The summed E-state index contributed by atoms with van der Waals surface area (Å²) in [5, 5.41) is 3.91. The lowest BCUT2D eigenvalue weighted by atomic mass is 10.1. The van der Waals surface area contributed by atoms with Crippen molar-refractivity contribution in [1.29, 1.82) is 0 Å². The first kappa shape index (κ1) is 18.9. The van der Waals surface area contributed by atoms with Gasteiger partial charge in [-0.25, -0.2) is 14.4 Å². The fourth-order valence-electron chi connectivity index (χ4n) is 3.58. The number of halogens is 1. The van der Waals surface area contributed by atoms with Crippen LogP contribution >= 0.6 is 0 Å². The van der Waals surface area contributed by atoms with Gasteiger partial charge in [-0.3, -0.25) is 4.79 Å². The third-order valence-electron chi connectivity index (χ3n) is 5.19. The molecule has 2 aromatic carbocycles. The van der Waals surface area contributed by atoms with E-state index in [4.69, 9.17) is 4.74 Å². The number of amides is 1. The first-order valence-electron chi connectivity index (χ1n) is 9.41. The van der Waals surface area contributed by atoms with E-state index >= 15 is 0 Å². The monoisotopic (exact) mass is 395 g/mol. The molecule has 1 aliphatic rings. The Morgan fingerprint density at radius 1 is 1.10 bits per heavy atom.